The van der Waals surface area contributed by atoms with Gasteiger partial charge in [0.15, 0.2) is 0 Å². The van der Waals surface area contributed by atoms with Crippen LogP contribution < -0.4 is 5.32 Å². The summed E-state index contributed by atoms with van der Waals surface area (Å²) in [5.41, 5.74) is 1.02. The molecule has 0 bridgehead atoms. The first-order valence-electron chi connectivity index (χ1n) is 8.20. The maximum Gasteiger partial charge on any atom is 0.246 e. The summed E-state index contributed by atoms with van der Waals surface area (Å²) in [5, 5.41) is 2.81. The van der Waals surface area contributed by atoms with Crippen molar-refractivity contribution >= 4 is 17.9 Å². The number of hydrogen-bond donors (Lipinski definition) is 1. The van der Waals surface area contributed by atoms with Crippen molar-refractivity contribution in [3.8, 4) is 0 Å². The third-order valence-electron chi connectivity index (χ3n) is 3.86. The van der Waals surface area contributed by atoms with Crippen molar-refractivity contribution in [1.29, 1.82) is 0 Å². The minimum absolute atomic E-state index is 0.0358. The lowest BCUT2D eigenvalue weighted by molar-refractivity contribution is -0.125. The van der Waals surface area contributed by atoms with E-state index in [0.29, 0.717) is 19.6 Å². The summed E-state index contributed by atoms with van der Waals surface area (Å²) in [4.78, 5) is 27.9. The first kappa shape index (κ1) is 17.2. The molecule has 0 atom stereocenters. The first-order valence-corrected chi connectivity index (χ1v) is 8.20. The summed E-state index contributed by atoms with van der Waals surface area (Å²) >= 11 is 0. The molecule has 0 unspecified atom stereocenters. The van der Waals surface area contributed by atoms with Gasteiger partial charge in [-0.25, -0.2) is 0 Å². The highest BCUT2D eigenvalue weighted by molar-refractivity contribution is 5.91. The van der Waals surface area contributed by atoms with Gasteiger partial charge in [-0.2, -0.15) is 0 Å². The minimum atomic E-state index is 0.0358. The normalized spacial score (nSPS) is 16.3. The number of amides is 2. The second-order valence-corrected chi connectivity index (χ2v) is 5.65. The lowest BCUT2D eigenvalue weighted by Gasteiger charge is -2.20. The van der Waals surface area contributed by atoms with Gasteiger partial charge in [0.05, 0.1) is 6.54 Å². The van der Waals surface area contributed by atoms with Gasteiger partial charge in [0.25, 0.3) is 0 Å². The smallest absolute Gasteiger partial charge is 0.246 e. The molecule has 1 heterocycles. The molecule has 1 aromatic rings. The van der Waals surface area contributed by atoms with Crippen LogP contribution in [0.2, 0.25) is 0 Å². The molecule has 0 spiro atoms. The fourth-order valence-electron chi connectivity index (χ4n) is 2.64. The van der Waals surface area contributed by atoms with E-state index in [4.69, 9.17) is 0 Å². The molecule has 5 heteroatoms. The highest BCUT2D eigenvalue weighted by Crippen LogP contribution is 2.06. The molecule has 1 saturated heterocycles. The van der Waals surface area contributed by atoms with Gasteiger partial charge in [-0.3, -0.25) is 14.5 Å². The van der Waals surface area contributed by atoms with E-state index in [1.165, 1.54) is 0 Å². The van der Waals surface area contributed by atoms with E-state index < -0.39 is 0 Å². The highest BCUT2D eigenvalue weighted by atomic mass is 16.2. The molecule has 2 amide bonds. The van der Waals surface area contributed by atoms with Gasteiger partial charge in [0, 0.05) is 38.8 Å². The molecule has 1 aliphatic heterocycles. The molecule has 0 radical (unpaired) electrons. The average Bonchev–Trinajstić information content (AvgIpc) is 2.79. The largest absolute Gasteiger partial charge is 0.355 e. The zero-order valence-electron chi connectivity index (χ0n) is 13.7. The van der Waals surface area contributed by atoms with Crippen molar-refractivity contribution in [3.63, 3.8) is 0 Å². The van der Waals surface area contributed by atoms with Crippen LogP contribution in [0.5, 0.6) is 0 Å². The van der Waals surface area contributed by atoms with Crippen molar-refractivity contribution in [2.45, 2.75) is 13.3 Å². The number of rotatable bonds is 5. The lowest BCUT2D eigenvalue weighted by Crippen LogP contribution is -2.39. The Labute approximate surface area is 138 Å². The van der Waals surface area contributed by atoms with Crippen molar-refractivity contribution in [2.75, 3.05) is 39.3 Å². The number of likely N-dealkylation sites (N-methyl/N-ethyl adjacent to an activating group) is 1. The van der Waals surface area contributed by atoms with E-state index >= 15 is 0 Å². The Hall–Kier alpha value is -2.14. The van der Waals surface area contributed by atoms with Gasteiger partial charge in [0.1, 0.15) is 0 Å². The van der Waals surface area contributed by atoms with Crippen molar-refractivity contribution in [2.24, 2.45) is 0 Å². The van der Waals surface area contributed by atoms with Crippen LogP contribution >= 0.6 is 0 Å². The van der Waals surface area contributed by atoms with Crippen molar-refractivity contribution in [1.82, 2.24) is 15.1 Å². The number of nitrogens with zero attached hydrogens (tertiary/aromatic N) is 2. The van der Waals surface area contributed by atoms with Crippen molar-refractivity contribution in [3.05, 3.63) is 42.0 Å². The average molecular weight is 315 g/mol. The Balaban J connectivity index is 1.84. The summed E-state index contributed by atoms with van der Waals surface area (Å²) in [6, 6.07) is 9.81. The molecule has 0 aromatic heterocycles. The van der Waals surface area contributed by atoms with Crippen LogP contribution in [0.15, 0.2) is 36.4 Å². The predicted molar refractivity (Wildman–Crippen MR) is 91.8 cm³/mol. The number of hydrogen-bond acceptors (Lipinski definition) is 3. The second-order valence-electron chi connectivity index (χ2n) is 5.65. The fraction of sp³-hybridized carbons (Fsp3) is 0.444. The molecular weight excluding hydrogens is 290 g/mol. The standard InChI is InChI=1S/C18H25N3O2/c1-2-19-17(22)15-20-11-6-12-21(14-13-20)18(23)10-9-16-7-4-3-5-8-16/h3-5,7-10H,2,6,11-15H2,1H3,(H,19,22)/b10-9+. The van der Waals surface area contributed by atoms with E-state index in [0.717, 1.165) is 31.6 Å². The van der Waals surface area contributed by atoms with Gasteiger partial charge >= 0.3 is 0 Å². The van der Waals surface area contributed by atoms with E-state index in [9.17, 15) is 9.59 Å². The van der Waals surface area contributed by atoms with E-state index in [1.807, 2.05) is 48.2 Å². The molecule has 2 rings (SSSR count). The Morgan fingerprint density at radius 2 is 1.91 bits per heavy atom. The monoisotopic (exact) mass is 315 g/mol. The van der Waals surface area contributed by atoms with Gasteiger partial charge < -0.3 is 10.2 Å². The molecule has 0 aliphatic carbocycles. The number of benzene rings is 1. The second kappa shape index (κ2) is 9.10. The molecule has 5 nitrogen and oxygen atoms in total. The molecular formula is C18H25N3O2. The fourth-order valence-corrected chi connectivity index (χ4v) is 2.64. The van der Waals surface area contributed by atoms with Crippen LogP contribution in [-0.4, -0.2) is 60.9 Å². The summed E-state index contributed by atoms with van der Waals surface area (Å²) in [6.45, 7) is 5.98. The van der Waals surface area contributed by atoms with Crippen LogP contribution in [0.1, 0.15) is 18.9 Å². The van der Waals surface area contributed by atoms with E-state index in [1.54, 1.807) is 6.08 Å². The Morgan fingerprint density at radius 3 is 2.65 bits per heavy atom. The van der Waals surface area contributed by atoms with Gasteiger partial charge in [0.2, 0.25) is 11.8 Å². The lowest BCUT2D eigenvalue weighted by atomic mass is 10.2. The van der Waals surface area contributed by atoms with Gasteiger partial charge in [-0.1, -0.05) is 30.3 Å². The Bertz CT molecular complexity index is 542. The zero-order valence-corrected chi connectivity index (χ0v) is 13.7. The van der Waals surface area contributed by atoms with Crippen molar-refractivity contribution < 1.29 is 9.59 Å². The molecule has 1 aromatic carbocycles. The number of nitrogens with one attached hydrogen (secondary N) is 1. The SMILES string of the molecule is CCNC(=O)CN1CCCN(C(=O)/C=C/c2ccccc2)CC1. The number of carbonyl (C=O) groups is 2. The maximum absolute atomic E-state index is 12.3. The molecule has 1 fully saturated rings. The quantitative estimate of drug-likeness (QED) is 0.835. The summed E-state index contributed by atoms with van der Waals surface area (Å²) in [7, 11) is 0. The molecule has 0 saturated carbocycles. The number of carbonyl (C=O) groups excluding carboxylic acids is 2. The molecule has 23 heavy (non-hydrogen) atoms. The third kappa shape index (κ3) is 5.87. The van der Waals surface area contributed by atoms with Crippen LogP contribution in [0.25, 0.3) is 6.08 Å². The van der Waals surface area contributed by atoms with E-state index in [-0.39, 0.29) is 11.8 Å². The van der Waals surface area contributed by atoms with Crippen LogP contribution in [0.3, 0.4) is 0 Å². The summed E-state index contributed by atoms with van der Waals surface area (Å²) < 4.78 is 0. The van der Waals surface area contributed by atoms with E-state index in [2.05, 4.69) is 10.2 Å². The highest BCUT2D eigenvalue weighted by Gasteiger charge is 2.18. The van der Waals surface area contributed by atoms with Gasteiger partial charge in [-0.05, 0) is 25.0 Å². The third-order valence-corrected chi connectivity index (χ3v) is 3.86. The topological polar surface area (TPSA) is 52.7 Å². The summed E-state index contributed by atoms with van der Waals surface area (Å²) in [5.74, 6) is 0.0879. The zero-order chi connectivity index (χ0) is 16.5. The molecule has 124 valence electrons. The summed E-state index contributed by atoms with van der Waals surface area (Å²) in [6.07, 6.45) is 4.37. The molecule has 1 N–H and O–H groups in total. The maximum atomic E-state index is 12.3. The van der Waals surface area contributed by atoms with Gasteiger partial charge in [-0.15, -0.1) is 0 Å². The minimum Gasteiger partial charge on any atom is -0.355 e. The van der Waals surface area contributed by atoms with Crippen LogP contribution in [-0.2, 0) is 9.59 Å². The molecule has 1 aliphatic rings. The van der Waals surface area contributed by atoms with Crippen LogP contribution in [0.4, 0.5) is 0 Å². The van der Waals surface area contributed by atoms with Crippen LogP contribution in [0, 0.1) is 0 Å². The Morgan fingerprint density at radius 1 is 1.13 bits per heavy atom. The predicted octanol–water partition coefficient (Wildman–Crippen LogP) is 1.37. The first-order chi connectivity index (χ1) is 11.2. The Kier molecular flexibility index (Phi) is 6.81.